The summed E-state index contributed by atoms with van der Waals surface area (Å²) in [7, 11) is 2.97. The molecule has 0 aliphatic rings. The molecule has 2 aromatic rings. The van der Waals surface area contributed by atoms with Gasteiger partial charge in [0.15, 0.2) is 0 Å². The standard InChI is InChI=1S/C14H10O4S2.Cu/c15-13(16)9-1-5-11(6-2-9)19-20-12-7-3-10(4-8-12)14(17)18;/h1-8H,(H,15,16)(H,17,18);. The van der Waals surface area contributed by atoms with Crippen molar-refractivity contribution in [1.29, 1.82) is 0 Å². The molecule has 0 aliphatic heterocycles. The number of aromatic carboxylic acids is 2. The number of benzene rings is 2. The van der Waals surface area contributed by atoms with Crippen molar-refractivity contribution in [2.24, 2.45) is 0 Å². The first kappa shape index (κ1) is 17.7. The van der Waals surface area contributed by atoms with Crippen molar-refractivity contribution in [2.75, 3.05) is 0 Å². The number of hydrogen-bond donors (Lipinski definition) is 2. The molecule has 0 saturated heterocycles. The zero-order valence-electron chi connectivity index (χ0n) is 10.4. The molecule has 0 heterocycles. The Morgan fingerprint density at radius 3 is 1.19 bits per heavy atom. The molecule has 21 heavy (non-hydrogen) atoms. The van der Waals surface area contributed by atoms with Gasteiger partial charge in [-0.3, -0.25) is 0 Å². The van der Waals surface area contributed by atoms with Gasteiger partial charge in [-0.25, -0.2) is 9.59 Å². The smallest absolute Gasteiger partial charge is 0.335 e. The monoisotopic (exact) mass is 369 g/mol. The van der Waals surface area contributed by atoms with E-state index in [1.807, 2.05) is 0 Å². The molecule has 2 rings (SSSR count). The third kappa shape index (κ3) is 5.13. The van der Waals surface area contributed by atoms with Crippen LogP contribution in [0.2, 0.25) is 0 Å². The van der Waals surface area contributed by atoms with E-state index in [1.54, 1.807) is 48.5 Å². The van der Waals surface area contributed by atoms with Crippen LogP contribution in [0.25, 0.3) is 0 Å². The molecular weight excluding hydrogens is 360 g/mol. The molecule has 0 bridgehead atoms. The Hall–Kier alpha value is -1.40. The second-order valence-corrected chi connectivity index (χ2v) is 6.10. The summed E-state index contributed by atoms with van der Waals surface area (Å²) in [5.41, 5.74) is 0.510. The van der Waals surface area contributed by atoms with Gasteiger partial charge in [0, 0.05) is 26.9 Å². The first-order valence-corrected chi connectivity index (χ1v) is 7.72. The van der Waals surface area contributed by atoms with Crippen LogP contribution in [0, 0.1) is 0 Å². The Morgan fingerprint density at radius 2 is 0.952 bits per heavy atom. The predicted molar refractivity (Wildman–Crippen MR) is 78.5 cm³/mol. The van der Waals surface area contributed by atoms with E-state index in [-0.39, 0.29) is 28.2 Å². The van der Waals surface area contributed by atoms with E-state index >= 15 is 0 Å². The van der Waals surface area contributed by atoms with Crippen LogP contribution >= 0.6 is 21.6 Å². The van der Waals surface area contributed by atoms with Crippen LogP contribution in [0.1, 0.15) is 20.7 Å². The van der Waals surface area contributed by atoms with Gasteiger partial charge in [0.05, 0.1) is 11.1 Å². The fourth-order valence-corrected chi connectivity index (χ4v) is 3.33. The van der Waals surface area contributed by atoms with Gasteiger partial charge in [0.25, 0.3) is 0 Å². The topological polar surface area (TPSA) is 74.6 Å². The minimum absolute atomic E-state index is 0. The molecule has 4 nitrogen and oxygen atoms in total. The van der Waals surface area contributed by atoms with E-state index in [0.717, 1.165) is 9.79 Å². The van der Waals surface area contributed by atoms with E-state index in [0.29, 0.717) is 0 Å². The SMILES string of the molecule is O=C(O)c1ccc(SSc2ccc(C(=O)O)cc2)cc1.[Cu]. The summed E-state index contributed by atoms with van der Waals surface area (Å²) in [5.74, 6) is -1.89. The molecule has 0 amide bonds. The molecule has 0 aromatic heterocycles. The van der Waals surface area contributed by atoms with Crippen molar-refractivity contribution < 1.29 is 36.9 Å². The molecule has 1 radical (unpaired) electrons. The normalized spacial score (nSPS) is 9.71. The third-order valence-electron chi connectivity index (χ3n) is 2.44. The van der Waals surface area contributed by atoms with Gasteiger partial charge in [-0.1, -0.05) is 21.6 Å². The first-order valence-electron chi connectivity index (χ1n) is 5.57. The van der Waals surface area contributed by atoms with Crippen LogP contribution < -0.4 is 0 Å². The summed E-state index contributed by atoms with van der Waals surface area (Å²) >= 11 is 0. The predicted octanol–water partition coefficient (Wildman–Crippen LogP) is 3.88. The van der Waals surface area contributed by atoms with Crippen molar-refractivity contribution in [3.05, 3.63) is 59.7 Å². The van der Waals surface area contributed by atoms with Gasteiger partial charge in [-0.05, 0) is 48.5 Å². The molecule has 0 saturated carbocycles. The molecule has 0 spiro atoms. The number of rotatable bonds is 5. The maximum Gasteiger partial charge on any atom is 0.335 e. The van der Waals surface area contributed by atoms with Crippen molar-refractivity contribution in [3.63, 3.8) is 0 Å². The van der Waals surface area contributed by atoms with Gasteiger partial charge in [-0.15, -0.1) is 0 Å². The second-order valence-electron chi connectivity index (χ2n) is 3.83. The maximum atomic E-state index is 10.7. The summed E-state index contributed by atoms with van der Waals surface area (Å²) in [6, 6.07) is 13.2. The number of carboxylic acids is 2. The molecule has 113 valence electrons. The average Bonchev–Trinajstić information content (AvgIpc) is 2.46. The Labute approximate surface area is 139 Å². The van der Waals surface area contributed by atoms with Crippen molar-refractivity contribution >= 4 is 33.5 Å². The molecule has 2 N–H and O–H groups in total. The number of carbonyl (C=O) groups is 2. The average molecular weight is 370 g/mol. The summed E-state index contributed by atoms with van der Waals surface area (Å²) in [6.07, 6.45) is 0. The van der Waals surface area contributed by atoms with Crippen molar-refractivity contribution in [2.45, 2.75) is 9.79 Å². The largest absolute Gasteiger partial charge is 0.478 e. The minimum Gasteiger partial charge on any atom is -0.478 e. The minimum atomic E-state index is -0.946. The van der Waals surface area contributed by atoms with Gasteiger partial charge in [-0.2, -0.15) is 0 Å². The van der Waals surface area contributed by atoms with Gasteiger partial charge >= 0.3 is 11.9 Å². The molecule has 0 unspecified atom stereocenters. The van der Waals surface area contributed by atoms with Gasteiger partial charge in [0.2, 0.25) is 0 Å². The molecule has 0 atom stereocenters. The number of hydrogen-bond acceptors (Lipinski definition) is 4. The van der Waals surface area contributed by atoms with E-state index in [4.69, 9.17) is 10.2 Å². The molecule has 0 fully saturated rings. The van der Waals surface area contributed by atoms with Gasteiger partial charge < -0.3 is 10.2 Å². The Kier molecular flexibility index (Phi) is 6.84. The molecule has 7 heteroatoms. The Bertz CT molecular complexity index is 569. The number of carboxylic acid groups (broad SMARTS) is 2. The zero-order chi connectivity index (χ0) is 14.5. The van der Waals surface area contributed by atoms with E-state index in [9.17, 15) is 9.59 Å². The Balaban J connectivity index is 0.00000220. The van der Waals surface area contributed by atoms with E-state index < -0.39 is 11.9 Å². The molecular formula is C14H10CuO4S2. The fraction of sp³-hybridized carbons (Fsp3) is 0. The fourth-order valence-electron chi connectivity index (χ4n) is 1.40. The van der Waals surface area contributed by atoms with Crippen LogP contribution in [0.15, 0.2) is 58.3 Å². The second kappa shape index (κ2) is 8.14. The summed E-state index contributed by atoms with van der Waals surface area (Å²) in [5, 5.41) is 17.6. The van der Waals surface area contributed by atoms with E-state index in [2.05, 4.69) is 0 Å². The maximum absolute atomic E-state index is 10.7. The van der Waals surface area contributed by atoms with E-state index in [1.165, 1.54) is 21.6 Å². The first-order chi connectivity index (χ1) is 9.56. The van der Waals surface area contributed by atoms with Crippen LogP contribution in [0.3, 0.4) is 0 Å². The van der Waals surface area contributed by atoms with Crippen molar-refractivity contribution in [3.8, 4) is 0 Å². The zero-order valence-corrected chi connectivity index (χ0v) is 13.0. The van der Waals surface area contributed by atoms with Crippen LogP contribution in [-0.4, -0.2) is 22.2 Å². The van der Waals surface area contributed by atoms with Crippen LogP contribution in [-0.2, 0) is 17.1 Å². The summed E-state index contributed by atoms with van der Waals surface area (Å²) in [6.45, 7) is 0. The molecule has 0 aliphatic carbocycles. The van der Waals surface area contributed by atoms with Crippen LogP contribution in [0.5, 0.6) is 0 Å². The van der Waals surface area contributed by atoms with Gasteiger partial charge in [0.1, 0.15) is 0 Å². The molecule has 2 aromatic carbocycles. The van der Waals surface area contributed by atoms with Crippen molar-refractivity contribution in [1.82, 2.24) is 0 Å². The summed E-state index contributed by atoms with van der Waals surface area (Å²) in [4.78, 5) is 23.3. The van der Waals surface area contributed by atoms with Crippen LogP contribution in [0.4, 0.5) is 0 Å². The summed E-state index contributed by atoms with van der Waals surface area (Å²) < 4.78 is 0. The quantitative estimate of drug-likeness (QED) is 0.615. The third-order valence-corrected chi connectivity index (χ3v) is 4.85. The Morgan fingerprint density at radius 1 is 0.667 bits per heavy atom.